The van der Waals surface area contributed by atoms with E-state index in [1.54, 1.807) is 12.1 Å². The topological polar surface area (TPSA) is 66.4 Å². The van der Waals surface area contributed by atoms with Gasteiger partial charge >= 0.3 is 0 Å². The molecule has 0 spiro atoms. The molecular weight excluding hydrogens is 340 g/mol. The summed E-state index contributed by atoms with van der Waals surface area (Å²) in [5.74, 6) is -0.195. The van der Waals surface area contributed by atoms with Crippen LogP contribution in [-0.4, -0.2) is 40.4 Å². The van der Waals surface area contributed by atoms with Gasteiger partial charge in [-0.3, -0.25) is 14.5 Å². The Morgan fingerprint density at radius 3 is 2.67 bits per heavy atom. The summed E-state index contributed by atoms with van der Waals surface area (Å²) in [6.07, 6.45) is 6.27. The SMILES string of the molecule is Cn1cccc1[C@@H]1CCCN1CC(=O)Nc1ccccc1C(=O)NC1CC1. The largest absolute Gasteiger partial charge is 0.353 e. The van der Waals surface area contributed by atoms with Crippen molar-refractivity contribution in [3.05, 3.63) is 53.9 Å². The van der Waals surface area contributed by atoms with Gasteiger partial charge in [-0.05, 0) is 56.5 Å². The molecule has 0 bridgehead atoms. The third-order valence-corrected chi connectivity index (χ3v) is 5.39. The van der Waals surface area contributed by atoms with Crippen LogP contribution in [0.2, 0.25) is 0 Å². The zero-order valence-electron chi connectivity index (χ0n) is 15.6. The molecule has 6 nitrogen and oxygen atoms in total. The molecule has 1 aliphatic heterocycles. The molecule has 1 atom stereocenters. The fourth-order valence-electron chi connectivity index (χ4n) is 3.83. The first kappa shape index (κ1) is 17.8. The van der Waals surface area contributed by atoms with E-state index >= 15 is 0 Å². The Morgan fingerprint density at radius 1 is 1.11 bits per heavy atom. The van der Waals surface area contributed by atoms with Crippen molar-refractivity contribution in [1.29, 1.82) is 0 Å². The van der Waals surface area contributed by atoms with Crippen LogP contribution in [0, 0.1) is 0 Å². The molecule has 142 valence electrons. The summed E-state index contributed by atoms with van der Waals surface area (Å²) >= 11 is 0. The van der Waals surface area contributed by atoms with Gasteiger partial charge in [-0.15, -0.1) is 0 Å². The van der Waals surface area contributed by atoms with E-state index in [1.807, 2.05) is 31.4 Å². The van der Waals surface area contributed by atoms with Crippen molar-refractivity contribution in [3.8, 4) is 0 Å². The summed E-state index contributed by atoms with van der Waals surface area (Å²) in [4.78, 5) is 27.3. The predicted octanol–water partition coefficient (Wildman–Crippen LogP) is 2.69. The van der Waals surface area contributed by atoms with Crippen LogP contribution < -0.4 is 10.6 Å². The predicted molar refractivity (Wildman–Crippen MR) is 105 cm³/mol. The second-order valence-electron chi connectivity index (χ2n) is 7.51. The maximum absolute atomic E-state index is 12.7. The molecule has 1 aromatic carbocycles. The van der Waals surface area contributed by atoms with Gasteiger partial charge in [0.15, 0.2) is 0 Å². The van der Waals surface area contributed by atoms with Crippen molar-refractivity contribution in [2.75, 3.05) is 18.4 Å². The van der Waals surface area contributed by atoms with Gasteiger partial charge in [0.25, 0.3) is 5.91 Å². The maximum atomic E-state index is 12.7. The fraction of sp³-hybridized carbons (Fsp3) is 0.429. The number of nitrogens with zero attached hydrogens (tertiary/aromatic N) is 2. The Balaban J connectivity index is 1.42. The molecule has 1 aromatic heterocycles. The van der Waals surface area contributed by atoms with Crippen LogP contribution in [0.1, 0.15) is 47.8 Å². The van der Waals surface area contributed by atoms with Crippen molar-refractivity contribution in [2.24, 2.45) is 7.05 Å². The lowest BCUT2D eigenvalue weighted by Crippen LogP contribution is -2.34. The minimum Gasteiger partial charge on any atom is -0.353 e. The van der Waals surface area contributed by atoms with Crippen molar-refractivity contribution in [3.63, 3.8) is 0 Å². The third-order valence-electron chi connectivity index (χ3n) is 5.39. The van der Waals surface area contributed by atoms with Gasteiger partial charge < -0.3 is 15.2 Å². The number of benzene rings is 1. The van der Waals surface area contributed by atoms with Gasteiger partial charge in [0.05, 0.1) is 23.8 Å². The van der Waals surface area contributed by atoms with Gasteiger partial charge in [-0.2, -0.15) is 0 Å². The summed E-state index contributed by atoms with van der Waals surface area (Å²) in [6, 6.07) is 11.9. The molecule has 1 saturated carbocycles. The van der Waals surface area contributed by atoms with Crippen molar-refractivity contribution < 1.29 is 9.59 Å². The zero-order chi connectivity index (χ0) is 18.8. The van der Waals surface area contributed by atoms with E-state index in [4.69, 9.17) is 0 Å². The van der Waals surface area contributed by atoms with Gasteiger partial charge in [0, 0.05) is 25.0 Å². The zero-order valence-corrected chi connectivity index (χ0v) is 15.6. The van der Waals surface area contributed by atoms with Crippen LogP contribution in [0.15, 0.2) is 42.6 Å². The smallest absolute Gasteiger partial charge is 0.253 e. The number of amides is 2. The van der Waals surface area contributed by atoms with Crippen LogP contribution in [0.5, 0.6) is 0 Å². The number of para-hydroxylation sites is 1. The van der Waals surface area contributed by atoms with E-state index in [0.717, 1.165) is 32.2 Å². The Hall–Kier alpha value is -2.60. The fourth-order valence-corrected chi connectivity index (χ4v) is 3.83. The summed E-state index contributed by atoms with van der Waals surface area (Å²) in [5.41, 5.74) is 2.35. The highest BCUT2D eigenvalue weighted by molar-refractivity contribution is 6.04. The average molecular weight is 366 g/mol. The highest BCUT2D eigenvalue weighted by Crippen LogP contribution is 2.31. The third kappa shape index (κ3) is 4.06. The monoisotopic (exact) mass is 366 g/mol. The summed E-state index contributed by atoms with van der Waals surface area (Å²) in [7, 11) is 2.04. The summed E-state index contributed by atoms with van der Waals surface area (Å²) in [6.45, 7) is 1.24. The van der Waals surface area contributed by atoms with E-state index in [0.29, 0.717) is 17.8 Å². The van der Waals surface area contributed by atoms with E-state index in [1.165, 1.54) is 5.69 Å². The van der Waals surface area contributed by atoms with E-state index in [9.17, 15) is 9.59 Å². The highest BCUT2D eigenvalue weighted by Gasteiger charge is 2.29. The molecule has 2 heterocycles. The Bertz CT molecular complexity index is 840. The number of carbonyl (C=O) groups is 2. The number of hydrogen-bond donors (Lipinski definition) is 2. The first-order valence-electron chi connectivity index (χ1n) is 9.67. The lowest BCUT2D eigenvalue weighted by Gasteiger charge is -2.24. The van der Waals surface area contributed by atoms with Crippen LogP contribution in [0.4, 0.5) is 5.69 Å². The Kier molecular flexibility index (Phi) is 4.99. The molecule has 2 aromatic rings. The normalized spacial score (nSPS) is 19.8. The molecule has 2 amide bonds. The minimum atomic E-state index is -0.115. The molecule has 2 aliphatic rings. The maximum Gasteiger partial charge on any atom is 0.253 e. The van der Waals surface area contributed by atoms with Crippen LogP contribution in [0.25, 0.3) is 0 Å². The molecule has 27 heavy (non-hydrogen) atoms. The van der Waals surface area contributed by atoms with Gasteiger partial charge in [0.2, 0.25) is 5.91 Å². The first-order valence-corrected chi connectivity index (χ1v) is 9.67. The molecule has 1 aliphatic carbocycles. The molecule has 6 heteroatoms. The lowest BCUT2D eigenvalue weighted by atomic mass is 10.1. The van der Waals surface area contributed by atoms with E-state index < -0.39 is 0 Å². The first-order chi connectivity index (χ1) is 13.1. The van der Waals surface area contributed by atoms with Crippen molar-refractivity contribution in [2.45, 2.75) is 37.8 Å². The number of aromatic nitrogens is 1. The molecule has 0 radical (unpaired) electrons. The highest BCUT2D eigenvalue weighted by atomic mass is 16.2. The number of carbonyl (C=O) groups excluding carboxylic acids is 2. The van der Waals surface area contributed by atoms with E-state index in [2.05, 4.69) is 26.2 Å². The Labute approximate surface area is 159 Å². The summed E-state index contributed by atoms with van der Waals surface area (Å²) < 4.78 is 2.12. The molecule has 1 saturated heterocycles. The lowest BCUT2D eigenvalue weighted by molar-refractivity contribution is -0.117. The van der Waals surface area contributed by atoms with Crippen LogP contribution in [0.3, 0.4) is 0 Å². The van der Waals surface area contributed by atoms with Gasteiger partial charge in [0.1, 0.15) is 0 Å². The second-order valence-corrected chi connectivity index (χ2v) is 7.51. The molecule has 0 unspecified atom stereocenters. The van der Waals surface area contributed by atoms with Crippen LogP contribution >= 0.6 is 0 Å². The van der Waals surface area contributed by atoms with Crippen molar-refractivity contribution >= 4 is 17.5 Å². The van der Waals surface area contributed by atoms with Gasteiger partial charge in [-0.1, -0.05) is 12.1 Å². The number of anilines is 1. The number of rotatable bonds is 6. The number of likely N-dealkylation sites (tertiary alicyclic amines) is 1. The van der Waals surface area contributed by atoms with Crippen LogP contribution in [-0.2, 0) is 11.8 Å². The molecular formula is C21H26N4O2. The quantitative estimate of drug-likeness (QED) is 0.826. The number of hydrogen-bond acceptors (Lipinski definition) is 3. The van der Waals surface area contributed by atoms with Crippen molar-refractivity contribution in [1.82, 2.24) is 14.8 Å². The number of aryl methyl sites for hydroxylation is 1. The second kappa shape index (κ2) is 7.56. The average Bonchev–Trinajstić information content (AvgIpc) is 3.18. The molecule has 2 fully saturated rings. The minimum absolute atomic E-state index is 0.0808. The summed E-state index contributed by atoms with van der Waals surface area (Å²) in [5, 5.41) is 5.93. The molecule has 2 N–H and O–H groups in total. The van der Waals surface area contributed by atoms with E-state index in [-0.39, 0.29) is 23.9 Å². The Morgan fingerprint density at radius 2 is 1.93 bits per heavy atom. The standard InChI is InChI=1S/C21H26N4O2/c1-24-12-4-8-18(24)19-9-5-13-25(19)14-20(26)23-17-7-3-2-6-16(17)21(27)22-15-10-11-15/h2-4,6-8,12,15,19H,5,9-11,13-14H2,1H3,(H,22,27)(H,23,26)/t19-/m0/s1. The number of nitrogens with one attached hydrogen (secondary N) is 2. The van der Waals surface area contributed by atoms with Gasteiger partial charge in [-0.25, -0.2) is 0 Å². The molecule has 4 rings (SSSR count).